The van der Waals surface area contributed by atoms with E-state index in [-0.39, 0.29) is 5.60 Å². The third kappa shape index (κ3) is 1.66. The van der Waals surface area contributed by atoms with Crippen molar-refractivity contribution in [1.82, 2.24) is 0 Å². The summed E-state index contributed by atoms with van der Waals surface area (Å²) in [6.07, 6.45) is 3.19. The van der Waals surface area contributed by atoms with E-state index in [2.05, 4.69) is 27.7 Å². The molecule has 1 aliphatic carbocycles. The van der Waals surface area contributed by atoms with Crippen molar-refractivity contribution in [3.8, 4) is 0 Å². The molecule has 1 rings (SSSR count). The molecule has 12 heavy (non-hydrogen) atoms. The third-order valence-electron chi connectivity index (χ3n) is 3.78. The zero-order valence-corrected chi connectivity index (χ0v) is 8.80. The average Bonchev–Trinajstić information content (AvgIpc) is 2.03. The van der Waals surface area contributed by atoms with Crippen LogP contribution in [0.1, 0.15) is 47.0 Å². The molecule has 0 amide bonds. The summed E-state index contributed by atoms with van der Waals surface area (Å²) in [4.78, 5) is 0. The Bertz CT molecular complexity index is 155. The van der Waals surface area contributed by atoms with Crippen molar-refractivity contribution in [2.24, 2.45) is 17.8 Å². The summed E-state index contributed by atoms with van der Waals surface area (Å²) in [6.45, 7) is 8.83. The van der Waals surface area contributed by atoms with Crippen LogP contribution in [0.3, 0.4) is 0 Å². The van der Waals surface area contributed by atoms with Gasteiger partial charge < -0.3 is 5.11 Å². The predicted molar refractivity (Wildman–Crippen MR) is 52.0 cm³/mol. The molecule has 4 atom stereocenters. The van der Waals surface area contributed by atoms with Crippen molar-refractivity contribution in [1.29, 1.82) is 0 Å². The lowest BCUT2D eigenvalue weighted by Gasteiger charge is -2.50. The third-order valence-corrected chi connectivity index (χ3v) is 3.78. The Morgan fingerprint density at radius 3 is 2.42 bits per heavy atom. The Morgan fingerprint density at radius 2 is 2.08 bits per heavy atom. The smallest absolute Gasteiger partial charge is 0.0680 e. The lowest BCUT2D eigenvalue weighted by Crippen LogP contribution is -2.52. The Labute approximate surface area is 76.2 Å². The summed E-state index contributed by atoms with van der Waals surface area (Å²) >= 11 is 0. The molecule has 1 fully saturated rings. The Morgan fingerprint density at radius 1 is 1.50 bits per heavy atom. The standard InChI is InChI=1S/C11H22O/c1-5-8(2)6-11(12)7-9(3)10(11)4/h8-10,12H,5-7H2,1-4H3. The van der Waals surface area contributed by atoms with E-state index in [1.54, 1.807) is 0 Å². The molecular formula is C11H22O. The fourth-order valence-corrected chi connectivity index (χ4v) is 2.31. The topological polar surface area (TPSA) is 20.2 Å². The zero-order chi connectivity index (χ0) is 9.35. The highest BCUT2D eigenvalue weighted by Crippen LogP contribution is 2.47. The second-order valence-corrected chi connectivity index (χ2v) is 4.79. The largest absolute Gasteiger partial charge is 0.390 e. The van der Waals surface area contributed by atoms with Crippen molar-refractivity contribution in [3.63, 3.8) is 0 Å². The molecule has 72 valence electrons. The maximum atomic E-state index is 10.2. The van der Waals surface area contributed by atoms with Crippen LogP contribution in [0, 0.1) is 17.8 Å². The summed E-state index contributed by atoms with van der Waals surface area (Å²) in [7, 11) is 0. The average molecular weight is 170 g/mol. The lowest BCUT2D eigenvalue weighted by atomic mass is 9.60. The first kappa shape index (κ1) is 10.0. The fourth-order valence-electron chi connectivity index (χ4n) is 2.31. The molecule has 0 aromatic carbocycles. The molecule has 0 aromatic heterocycles. The molecule has 0 aliphatic heterocycles. The van der Waals surface area contributed by atoms with Gasteiger partial charge in [0.1, 0.15) is 0 Å². The molecule has 1 saturated carbocycles. The van der Waals surface area contributed by atoms with Crippen LogP contribution in [0.15, 0.2) is 0 Å². The van der Waals surface area contributed by atoms with Gasteiger partial charge in [-0.25, -0.2) is 0 Å². The van der Waals surface area contributed by atoms with Crippen molar-refractivity contribution in [3.05, 3.63) is 0 Å². The van der Waals surface area contributed by atoms with Gasteiger partial charge in [-0.1, -0.05) is 34.1 Å². The summed E-state index contributed by atoms with van der Waals surface area (Å²) in [6, 6.07) is 0. The van der Waals surface area contributed by atoms with E-state index in [9.17, 15) is 5.11 Å². The molecule has 0 saturated heterocycles. The highest BCUT2D eigenvalue weighted by Gasteiger charge is 2.47. The minimum Gasteiger partial charge on any atom is -0.390 e. The summed E-state index contributed by atoms with van der Waals surface area (Å²) < 4.78 is 0. The molecule has 0 heterocycles. The van der Waals surface area contributed by atoms with Crippen LogP contribution in [0.5, 0.6) is 0 Å². The lowest BCUT2D eigenvalue weighted by molar-refractivity contribution is -0.137. The van der Waals surface area contributed by atoms with Crippen LogP contribution in [-0.2, 0) is 0 Å². The van der Waals surface area contributed by atoms with Crippen LogP contribution in [0.4, 0.5) is 0 Å². The van der Waals surface area contributed by atoms with Gasteiger partial charge in [0.2, 0.25) is 0 Å². The van der Waals surface area contributed by atoms with E-state index >= 15 is 0 Å². The van der Waals surface area contributed by atoms with Crippen molar-refractivity contribution in [2.75, 3.05) is 0 Å². The van der Waals surface area contributed by atoms with E-state index in [0.29, 0.717) is 11.8 Å². The maximum Gasteiger partial charge on any atom is 0.0680 e. The van der Waals surface area contributed by atoms with Gasteiger partial charge in [0.15, 0.2) is 0 Å². The normalized spacial score (nSPS) is 43.8. The van der Waals surface area contributed by atoms with Crippen molar-refractivity contribution >= 4 is 0 Å². The minimum absolute atomic E-state index is 0.325. The van der Waals surface area contributed by atoms with Gasteiger partial charge in [-0.05, 0) is 30.6 Å². The first-order valence-corrected chi connectivity index (χ1v) is 5.22. The predicted octanol–water partition coefficient (Wildman–Crippen LogP) is 2.83. The fraction of sp³-hybridized carbons (Fsp3) is 1.00. The molecule has 0 bridgehead atoms. The molecule has 1 heteroatoms. The molecule has 4 unspecified atom stereocenters. The molecule has 0 spiro atoms. The molecule has 1 nitrogen and oxygen atoms in total. The monoisotopic (exact) mass is 170 g/mol. The summed E-state index contributed by atoms with van der Waals surface area (Å²) in [5.74, 6) is 1.90. The summed E-state index contributed by atoms with van der Waals surface area (Å²) in [5, 5.41) is 10.2. The molecular weight excluding hydrogens is 148 g/mol. The van der Waals surface area contributed by atoms with E-state index in [1.807, 2.05) is 0 Å². The van der Waals surface area contributed by atoms with Gasteiger partial charge in [-0.2, -0.15) is 0 Å². The van der Waals surface area contributed by atoms with E-state index in [0.717, 1.165) is 18.8 Å². The quantitative estimate of drug-likeness (QED) is 0.690. The van der Waals surface area contributed by atoms with Gasteiger partial charge in [0.05, 0.1) is 5.60 Å². The Hall–Kier alpha value is -0.0400. The highest BCUT2D eigenvalue weighted by molar-refractivity contribution is 4.98. The van der Waals surface area contributed by atoms with Gasteiger partial charge in [-0.15, -0.1) is 0 Å². The number of hydrogen-bond donors (Lipinski definition) is 1. The summed E-state index contributed by atoms with van der Waals surface area (Å²) in [5.41, 5.74) is -0.325. The minimum atomic E-state index is -0.325. The van der Waals surface area contributed by atoms with E-state index < -0.39 is 0 Å². The zero-order valence-electron chi connectivity index (χ0n) is 8.80. The van der Waals surface area contributed by atoms with Crippen LogP contribution in [0.25, 0.3) is 0 Å². The molecule has 0 aromatic rings. The highest BCUT2D eigenvalue weighted by atomic mass is 16.3. The van der Waals surface area contributed by atoms with Gasteiger partial charge >= 0.3 is 0 Å². The number of hydrogen-bond acceptors (Lipinski definition) is 1. The first-order valence-electron chi connectivity index (χ1n) is 5.22. The van der Waals surface area contributed by atoms with Crippen molar-refractivity contribution in [2.45, 2.75) is 52.6 Å². The van der Waals surface area contributed by atoms with E-state index in [1.165, 1.54) is 6.42 Å². The van der Waals surface area contributed by atoms with Crippen LogP contribution >= 0.6 is 0 Å². The second-order valence-electron chi connectivity index (χ2n) is 4.79. The Kier molecular flexibility index (Phi) is 2.82. The van der Waals surface area contributed by atoms with Gasteiger partial charge in [0, 0.05) is 0 Å². The maximum absolute atomic E-state index is 10.2. The first-order chi connectivity index (χ1) is 5.49. The molecule has 1 N–H and O–H groups in total. The van der Waals surface area contributed by atoms with Gasteiger partial charge in [0.25, 0.3) is 0 Å². The van der Waals surface area contributed by atoms with Crippen LogP contribution < -0.4 is 0 Å². The van der Waals surface area contributed by atoms with Crippen LogP contribution in [0.2, 0.25) is 0 Å². The SMILES string of the molecule is CCC(C)CC1(O)CC(C)C1C. The van der Waals surface area contributed by atoms with Crippen molar-refractivity contribution < 1.29 is 5.11 Å². The second kappa shape index (κ2) is 3.37. The van der Waals surface area contributed by atoms with Gasteiger partial charge in [-0.3, -0.25) is 0 Å². The number of rotatable bonds is 3. The van der Waals surface area contributed by atoms with Crippen LogP contribution in [-0.4, -0.2) is 10.7 Å². The molecule has 0 radical (unpaired) electrons. The molecule has 1 aliphatic rings. The van der Waals surface area contributed by atoms with E-state index in [4.69, 9.17) is 0 Å². The number of aliphatic hydroxyl groups is 1. The Balaban J connectivity index is 2.41.